The molecule has 0 unspecified atom stereocenters. The molecule has 4 rings (SSSR count). The molecule has 3 heterocycles. The number of methoxy groups -OCH3 is 1. The molecule has 0 aliphatic carbocycles. The second-order valence-corrected chi connectivity index (χ2v) is 8.33. The van der Waals surface area contributed by atoms with Gasteiger partial charge in [0.15, 0.2) is 0 Å². The molecule has 31 heavy (non-hydrogen) atoms. The highest BCUT2D eigenvalue weighted by Crippen LogP contribution is 2.25. The molecular weight excluding hydrogens is 394 g/mol. The van der Waals surface area contributed by atoms with Crippen LogP contribution in [0.2, 0.25) is 0 Å². The number of piperidine rings is 1. The van der Waals surface area contributed by atoms with Gasteiger partial charge in [-0.15, -0.1) is 0 Å². The first-order chi connectivity index (χ1) is 15.0. The average molecular weight is 424 g/mol. The van der Waals surface area contributed by atoms with Crippen LogP contribution in [0.5, 0.6) is 5.75 Å². The number of furan rings is 1. The fourth-order valence-corrected chi connectivity index (χ4v) is 4.24. The minimum absolute atomic E-state index is 0.00476. The third kappa shape index (κ3) is 5.10. The van der Waals surface area contributed by atoms with Crippen molar-refractivity contribution in [3.05, 3.63) is 54.1 Å². The Balaban J connectivity index is 1.26. The van der Waals surface area contributed by atoms with Crippen molar-refractivity contribution in [2.45, 2.75) is 38.6 Å². The van der Waals surface area contributed by atoms with E-state index in [1.165, 1.54) is 0 Å². The number of H-pyrrole nitrogens is 1. The lowest BCUT2D eigenvalue weighted by Crippen LogP contribution is -2.41. The summed E-state index contributed by atoms with van der Waals surface area (Å²) < 4.78 is 10.6. The van der Waals surface area contributed by atoms with Gasteiger partial charge in [0.05, 0.1) is 13.4 Å². The van der Waals surface area contributed by atoms with Gasteiger partial charge in [-0.3, -0.25) is 9.59 Å². The van der Waals surface area contributed by atoms with Crippen LogP contribution < -0.4 is 10.1 Å². The van der Waals surface area contributed by atoms with Crippen LogP contribution in [0, 0.1) is 5.92 Å². The van der Waals surface area contributed by atoms with Crippen molar-refractivity contribution in [3.63, 3.8) is 0 Å². The van der Waals surface area contributed by atoms with Crippen molar-refractivity contribution in [2.75, 3.05) is 20.2 Å². The van der Waals surface area contributed by atoms with E-state index in [0.717, 1.165) is 35.3 Å². The molecule has 2 amide bonds. The van der Waals surface area contributed by atoms with E-state index < -0.39 is 0 Å². The molecule has 164 valence electrons. The number of rotatable bonds is 7. The molecule has 0 saturated carbocycles. The van der Waals surface area contributed by atoms with E-state index in [1.54, 1.807) is 13.4 Å². The molecule has 1 aromatic carbocycles. The summed E-state index contributed by atoms with van der Waals surface area (Å²) in [6.45, 7) is 3.31. The summed E-state index contributed by atoms with van der Waals surface area (Å²) in [5.41, 5.74) is 1.48. The quantitative estimate of drug-likeness (QED) is 0.606. The van der Waals surface area contributed by atoms with Gasteiger partial charge in [0.2, 0.25) is 5.91 Å². The van der Waals surface area contributed by atoms with E-state index in [2.05, 4.69) is 10.3 Å². The number of nitrogens with zero attached hydrogens (tertiary/aromatic N) is 1. The fourth-order valence-electron chi connectivity index (χ4n) is 4.24. The van der Waals surface area contributed by atoms with Crippen LogP contribution >= 0.6 is 0 Å². The maximum absolute atomic E-state index is 12.9. The van der Waals surface area contributed by atoms with Crippen molar-refractivity contribution in [2.24, 2.45) is 5.92 Å². The highest BCUT2D eigenvalue weighted by Gasteiger charge is 2.26. The molecule has 0 bridgehead atoms. The minimum atomic E-state index is 0.00476. The Morgan fingerprint density at radius 2 is 2.06 bits per heavy atom. The third-order valence-electron chi connectivity index (χ3n) is 5.93. The van der Waals surface area contributed by atoms with Crippen LogP contribution in [0.4, 0.5) is 0 Å². The summed E-state index contributed by atoms with van der Waals surface area (Å²) in [6.07, 6.45) is 4.49. The standard InChI is InChI=1S/C24H29N3O4/c1-16(12-20-4-3-11-31-20)25-23(28)13-17-7-9-27(10-8-17)24(29)22-14-18-5-6-19(30-2)15-21(18)26-22/h3-6,11,14-17,26H,7-10,12-13H2,1-2H3,(H,25,28)/t16-/m0/s1. The van der Waals surface area contributed by atoms with Crippen molar-refractivity contribution < 1.29 is 18.7 Å². The van der Waals surface area contributed by atoms with Crippen molar-refractivity contribution >= 4 is 22.7 Å². The van der Waals surface area contributed by atoms with Crippen LogP contribution in [0.15, 0.2) is 47.1 Å². The molecule has 1 aliphatic heterocycles. The van der Waals surface area contributed by atoms with Gasteiger partial charge in [-0.1, -0.05) is 0 Å². The minimum Gasteiger partial charge on any atom is -0.497 e. The number of amides is 2. The number of hydrogen-bond acceptors (Lipinski definition) is 4. The molecule has 2 N–H and O–H groups in total. The Labute approximate surface area is 181 Å². The lowest BCUT2D eigenvalue weighted by molar-refractivity contribution is -0.122. The Kier molecular flexibility index (Phi) is 6.30. The largest absolute Gasteiger partial charge is 0.497 e. The number of hydrogen-bond donors (Lipinski definition) is 2. The van der Waals surface area contributed by atoms with E-state index >= 15 is 0 Å². The van der Waals surface area contributed by atoms with Crippen LogP contribution in [0.1, 0.15) is 42.4 Å². The predicted molar refractivity (Wildman–Crippen MR) is 118 cm³/mol. The summed E-state index contributed by atoms with van der Waals surface area (Å²) >= 11 is 0. The summed E-state index contributed by atoms with van der Waals surface area (Å²) in [5.74, 6) is 1.99. The number of aromatic amines is 1. The number of fused-ring (bicyclic) bond motifs is 1. The van der Waals surface area contributed by atoms with Crippen molar-refractivity contribution in [3.8, 4) is 5.75 Å². The Hall–Kier alpha value is -3.22. The van der Waals surface area contributed by atoms with Crippen molar-refractivity contribution in [1.29, 1.82) is 0 Å². The Bertz CT molecular complexity index is 1030. The Morgan fingerprint density at radius 1 is 1.26 bits per heavy atom. The number of carbonyl (C=O) groups is 2. The summed E-state index contributed by atoms with van der Waals surface area (Å²) in [7, 11) is 1.63. The normalized spacial score (nSPS) is 15.7. The number of nitrogens with one attached hydrogen (secondary N) is 2. The molecule has 2 aromatic heterocycles. The van der Waals surface area contributed by atoms with Gasteiger partial charge in [-0.25, -0.2) is 0 Å². The SMILES string of the molecule is COc1ccc2cc(C(=O)N3CCC(CC(=O)N[C@@H](C)Cc4ccco4)CC3)[nH]c2c1. The highest BCUT2D eigenvalue weighted by atomic mass is 16.5. The number of likely N-dealkylation sites (tertiary alicyclic amines) is 1. The lowest BCUT2D eigenvalue weighted by Gasteiger charge is -2.31. The number of ether oxygens (including phenoxy) is 1. The predicted octanol–water partition coefficient (Wildman–Crippen LogP) is 3.76. The van der Waals surface area contributed by atoms with E-state index in [-0.39, 0.29) is 17.9 Å². The molecule has 0 radical (unpaired) electrons. The molecule has 3 aromatic rings. The third-order valence-corrected chi connectivity index (χ3v) is 5.93. The van der Waals surface area contributed by atoms with Gasteiger partial charge in [0, 0.05) is 48.9 Å². The topological polar surface area (TPSA) is 87.6 Å². The maximum Gasteiger partial charge on any atom is 0.270 e. The second-order valence-electron chi connectivity index (χ2n) is 8.33. The van der Waals surface area contributed by atoms with Gasteiger partial charge in [-0.05, 0) is 56.0 Å². The number of benzene rings is 1. The van der Waals surface area contributed by atoms with Crippen LogP contribution in [-0.4, -0.2) is 47.9 Å². The zero-order valence-corrected chi connectivity index (χ0v) is 18.0. The van der Waals surface area contributed by atoms with Crippen LogP contribution in [-0.2, 0) is 11.2 Å². The monoisotopic (exact) mass is 423 g/mol. The molecule has 1 atom stereocenters. The Morgan fingerprint density at radius 3 is 2.77 bits per heavy atom. The zero-order chi connectivity index (χ0) is 21.8. The molecule has 1 saturated heterocycles. The lowest BCUT2D eigenvalue weighted by atomic mass is 9.93. The number of aromatic nitrogens is 1. The van der Waals surface area contributed by atoms with E-state index in [4.69, 9.17) is 9.15 Å². The number of carbonyl (C=O) groups excluding carboxylic acids is 2. The zero-order valence-electron chi connectivity index (χ0n) is 18.0. The summed E-state index contributed by atoms with van der Waals surface area (Å²) in [4.78, 5) is 30.4. The molecule has 0 spiro atoms. The smallest absolute Gasteiger partial charge is 0.270 e. The van der Waals surface area contributed by atoms with E-state index in [0.29, 0.717) is 37.5 Å². The van der Waals surface area contributed by atoms with E-state index in [1.807, 2.05) is 48.2 Å². The van der Waals surface area contributed by atoms with Gasteiger partial charge >= 0.3 is 0 Å². The van der Waals surface area contributed by atoms with Crippen LogP contribution in [0.3, 0.4) is 0 Å². The first kappa shape index (κ1) is 21.0. The van der Waals surface area contributed by atoms with Gasteiger partial charge < -0.3 is 24.4 Å². The van der Waals surface area contributed by atoms with E-state index in [9.17, 15) is 9.59 Å². The van der Waals surface area contributed by atoms with Crippen molar-refractivity contribution in [1.82, 2.24) is 15.2 Å². The van der Waals surface area contributed by atoms with Gasteiger partial charge in [-0.2, -0.15) is 0 Å². The first-order valence-corrected chi connectivity index (χ1v) is 10.8. The molecule has 7 nitrogen and oxygen atoms in total. The second kappa shape index (κ2) is 9.29. The van der Waals surface area contributed by atoms with Gasteiger partial charge in [0.25, 0.3) is 5.91 Å². The summed E-state index contributed by atoms with van der Waals surface area (Å²) in [5, 5.41) is 4.04. The molecule has 1 aliphatic rings. The highest BCUT2D eigenvalue weighted by molar-refractivity contribution is 5.98. The maximum atomic E-state index is 12.9. The molecular formula is C24H29N3O4. The van der Waals surface area contributed by atoms with Gasteiger partial charge in [0.1, 0.15) is 17.2 Å². The first-order valence-electron chi connectivity index (χ1n) is 10.8. The molecule has 7 heteroatoms. The average Bonchev–Trinajstić information content (AvgIpc) is 3.42. The summed E-state index contributed by atoms with van der Waals surface area (Å²) in [6, 6.07) is 11.4. The fraction of sp³-hybridized carbons (Fsp3) is 0.417. The van der Waals surface area contributed by atoms with Crippen LogP contribution in [0.25, 0.3) is 10.9 Å². The molecule has 1 fully saturated rings.